The third-order valence-electron chi connectivity index (χ3n) is 2.15. The second-order valence-electron chi connectivity index (χ2n) is 3.96. The number of rotatable bonds is 2. The first-order valence-corrected chi connectivity index (χ1v) is 3.98. The molecule has 1 aliphatic heterocycles. The summed E-state index contributed by atoms with van der Waals surface area (Å²) in [7, 11) is 0. The highest BCUT2D eigenvalue weighted by Crippen LogP contribution is 2.27. The van der Waals surface area contributed by atoms with Crippen LogP contribution >= 0.6 is 0 Å². The molecular formula is C8H17NO. The Hall–Kier alpha value is -0.0800. The number of hydrogen-bond acceptors (Lipinski definition) is 2. The fraction of sp³-hybridized carbons (Fsp3) is 1.00. The number of nitrogens with one attached hydrogen (secondary N) is 1. The predicted octanol–water partition coefficient (Wildman–Crippen LogP) is 0.757. The second kappa shape index (κ2) is 2.89. The van der Waals surface area contributed by atoms with E-state index in [4.69, 9.17) is 5.11 Å². The van der Waals surface area contributed by atoms with Gasteiger partial charge in [0.2, 0.25) is 0 Å². The molecule has 2 nitrogen and oxygen atoms in total. The lowest BCUT2D eigenvalue weighted by Crippen LogP contribution is -2.22. The van der Waals surface area contributed by atoms with Crippen LogP contribution in [0.4, 0.5) is 0 Å². The largest absolute Gasteiger partial charge is 0.396 e. The van der Waals surface area contributed by atoms with E-state index >= 15 is 0 Å². The molecule has 1 fully saturated rings. The average molecular weight is 143 g/mol. The van der Waals surface area contributed by atoms with Crippen molar-refractivity contribution in [2.24, 2.45) is 5.41 Å². The van der Waals surface area contributed by atoms with Crippen LogP contribution < -0.4 is 5.32 Å². The molecule has 0 aromatic carbocycles. The second-order valence-corrected chi connectivity index (χ2v) is 3.96. The molecule has 60 valence electrons. The summed E-state index contributed by atoms with van der Waals surface area (Å²) < 4.78 is 0. The summed E-state index contributed by atoms with van der Waals surface area (Å²) >= 11 is 0. The molecule has 1 rings (SSSR count). The Kier molecular flexibility index (Phi) is 2.32. The highest BCUT2D eigenvalue weighted by molar-refractivity contribution is 4.87. The molecule has 2 heteroatoms. The lowest BCUT2D eigenvalue weighted by Gasteiger charge is -2.14. The minimum Gasteiger partial charge on any atom is -0.396 e. The number of hydrogen-bond donors (Lipinski definition) is 2. The highest BCUT2D eigenvalue weighted by Gasteiger charge is 2.29. The summed E-state index contributed by atoms with van der Waals surface area (Å²) in [5.74, 6) is 0. The van der Waals surface area contributed by atoms with Gasteiger partial charge >= 0.3 is 0 Å². The highest BCUT2D eigenvalue weighted by atomic mass is 16.3. The normalized spacial score (nSPS) is 30.9. The van der Waals surface area contributed by atoms with Crippen LogP contribution in [0.1, 0.15) is 26.7 Å². The molecule has 0 aromatic heterocycles. The van der Waals surface area contributed by atoms with Gasteiger partial charge in [-0.05, 0) is 18.3 Å². The molecular weight excluding hydrogens is 126 g/mol. The van der Waals surface area contributed by atoms with Gasteiger partial charge in [-0.1, -0.05) is 13.8 Å². The molecule has 0 radical (unpaired) electrons. The number of aliphatic hydroxyl groups excluding tert-OH is 1. The Morgan fingerprint density at radius 3 is 2.70 bits per heavy atom. The molecule has 1 atom stereocenters. The summed E-state index contributed by atoms with van der Waals surface area (Å²) in [6.07, 6.45) is 2.11. The van der Waals surface area contributed by atoms with E-state index in [1.807, 2.05) is 0 Å². The first-order valence-electron chi connectivity index (χ1n) is 3.98. The van der Waals surface area contributed by atoms with Crippen LogP contribution in [0.25, 0.3) is 0 Å². The minimum atomic E-state index is 0.313. The molecule has 0 spiro atoms. The molecule has 2 N–H and O–H groups in total. The molecule has 0 aromatic rings. The van der Waals surface area contributed by atoms with Crippen LogP contribution in [0.3, 0.4) is 0 Å². The van der Waals surface area contributed by atoms with Crippen LogP contribution in [0, 0.1) is 5.41 Å². The van der Waals surface area contributed by atoms with Crippen LogP contribution in [0.5, 0.6) is 0 Å². The van der Waals surface area contributed by atoms with Crippen LogP contribution in [0.2, 0.25) is 0 Å². The Balaban J connectivity index is 2.29. The predicted molar refractivity (Wildman–Crippen MR) is 41.9 cm³/mol. The topological polar surface area (TPSA) is 32.3 Å². The van der Waals surface area contributed by atoms with Crippen LogP contribution in [-0.4, -0.2) is 24.3 Å². The van der Waals surface area contributed by atoms with E-state index in [1.54, 1.807) is 0 Å². The summed E-state index contributed by atoms with van der Waals surface area (Å²) in [4.78, 5) is 0. The zero-order valence-corrected chi connectivity index (χ0v) is 6.85. The summed E-state index contributed by atoms with van der Waals surface area (Å²) in [6, 6.07) is 0.556. The Morgan fingerprint density at radius 1 is 1.60 bits per heavy atom. The SMILES string of the molecule is CC1(C)CN[C@@H](CCO)C1. The van der Waals surface area contributed by atoms with Crippen molar-refractivity contribution in [1.82, 2.24) is 5.32 Å². The average Bonchev–Trinajstić information content (AvgIpc) is 2.12. The fourth-order valence-corrected chi connectivity index (χ4v) is 1.59. The van der Waals surface area contributed by atoms with Crippen molar-refractivity contribution in [1.29, 1.82) is 0 Å². The van der Waals surface area contributed by atoms with Crippen LogP contribution in [0.15, 0.2) is 0 Å². The van der Waals surface area contributed by atoms with Gasteiger partial charge in [0.15, 0.2) is 0 Å². The maximum absolute atomic E-state index is 8.66. The van der Waals surface area contributed by atoms with E-state index in [9.17, 15) is 0 Å². The molecule has 0 bridgehead atoms. The third kappa shape index (κ3) is 1.96. The van der Waals surface area contributed by atoms with Gasteiger partial charge in [0.1, 0.15) is 0 Å². The van der Waals surface area contributed by atoms with Crippen molar-refractivity contribution in [3.8, 4) is 0 Å². The van der Waals surface area contributed by atoms with E-state index in [1.165, 1.54) is 6.42 Å². The Bertz CT molecular complexity index is 112. The van der Waals surface area contributed by atoms with E-state index in [2.05, 4.69) is 19.2 Å². The molecule has 1 saturated heterocycles. The molecule has 0 saturated carbocycles. The molecule has 1 aliphatic rings. The van der Waals surface area contributed by atoms with Crippen molar-refractivity contribution in [3.05, 3.63) is 0 Å². The van der Waals surface area contributed by atoms with Gasteiger partial charge in [0, 0.05) is 19.2 Å². The van der Waals surface area contributed by atoms with Gasteiger partial charge in [0.05, 0.1) is 0 Å². The maximum Gasteiger partial charge on any atom is 0.0445 e. The lowest BCUT2D eigenvalue weighted by molar-refractivity contribution is 0.267. The Labute approximate surface area is 62.6 Å². The van der Waals surface area contributed by atoms with Crippen molar-refractivity contribution in [3.63, 3.8) is 0 Å². The number of aliphatic hydroxyl groups is 1. The van der Waals surface area contributed by atoms with Gasteiger partial charge < -0.3 is 10.4 Å². The fourth-order valence-electron chi connectivity index (χ4n) is 1.59. The van der Waals surface area contributed by atoms with Crippen LogP contribution in [-0.2, 0) is 0 Å². The maximum atomic E-state index is 8.66. The first kappa shape index (κ1) is 8.02. The standard InChI is InChI=1S/C8H17NO/c1-8(2)5-7(3-4-10)9-6-8/h7,9-10H,3-6H2,1-2H3/t7-/m0/s1. The molecule has 1 heterocycles. The Morgan fingerprint density at radius 2 is 2.30 bits per heavy atom. The first-order chi connectivity index (χ1) is 4.64. The van der Waals surface area contributed by atoms with Gasteiger partial charge in [-0.3, -0.25) is 0 Å². The van der Waals surface area contributed by atoms with Gasteiger partial charge in [0.25, 0.3) is 0 Å². The van der Waals surface area contributed by atoms with Gasteiger partial charge in [-0.15, -0.1) is 0 Å². The molecule has 10 heavy (non-hydrogen) atoms. The zero-order chi connectivity index (χ0) is 7.61. The smallest absolute Gasteiger partial charge is 0.0445 e. The van der Waals surface area contributed by atoms with Crippen molar-refractivity contribution in [2.75, 3.05) is 13.2 Å². The molecule has 0 aliphatic carbocycles. The molecule has 0 unspecified atom stereocenters. The lowest BCUT2D eigenvalue weighted by atomic mass is 9.90. The van der Waals surface area contributed by atoms with Crippen molar-refractivity contribution < 1.29 is 5.11 Å². The van der Waals surface area contributed by atoms with Crippen molar-refractivity contribution in [2.45, 2.75) is 32.7 Å². The van der Waals surface area contributed by atoms with Crippen molar-refractivity contribution >= 4 is 0 Å². The van der Waals surface area contributed by atoms with E-state index in [-0.39, 0.29) is 0 Å². The van der Waals surface area contributed by atoms with E-state index < -0.39 is 0 Å². The zero-order valence-electron chi connectivity index (χ0n) is 6.85. The third-order valence-corrected chi connectivity index (χ3v) is 2.15. The van der Waals surface area contributed by atoms with E-state index in [0.29, 0.717) is 18.1 Å². The minimum absolute atomic E-state index is 0.313. The van der Waals surface area contributed by atoms with Gasteiger partial charge in [-0.2, -0.15) is 0 Å². The van der Waals surface area contributed by atoms with Gasteiger partial charge in [-0.25, -0.2) is 0 Å². The monoisotopic (exact) mass is 143 g/mol. The summed E-state index contributed by atoms with van der Waals surface area (Å²) in [6.45, 7) is 5.93. The molecule has 0 amide bonds. The summed E-state index contributed by atoms with van der Waals surface area (Å²) in [5.41, 5.74) is 0.444. The quantitative estimate of drug-likeness (QED) is 0.598. The van der Waals surface area contributed by atoms with E-state index in [0.717, 1.165) is 13.0 Å². The summed E-state index contributed by atoms with van der Waals surface area (Å²) in [5, 5.41) is 12.0.